The van der Waals surface area contributed by atoms with Crippen molar-refractivity contribution in [2.24, 2.45) is 0 Å². The van der Waals surface area contributed by atoms with E-state index in [1.165, 1.54) is 4.90 Å². The van der Waals surface area contributed by atoms with Crippen molar-refractivity contribution in [3.05, 3.63) is 29.3 Å². The highest BCUT2D eigenvalue weighted by Gasteiger charge is 2.37. The quantitative estimate of drug-likeness (QED) is 0.804. The zero-order valence-electron chi connectivity index (χ0n) is 13.8. The Bertz CT molecular complexity index is 640. The predicted molar refractivity (Wildman–Crippen MR) is 87.7 cm³/mol. The van der Waals surface area contributed by atoms with Crippen LogP contribution >= 0.6 is 0 Å². The van der Waals surface area contributed by atoms with E-state index >= 15 is 0 Å². The molecule has 0 radical (unpaired) electrons. The molecular formula is C16H22N4O3. The highest BCUT2D eigenvalue weighted by molar-refractivity contribution is 6.22. The van der Waals surface area contributed by atoms with Crippen LogP contribution in [-0.2, 0) is 0 Å². The van der Waals surface area contributed by atoms with Crippen molar-refractivity contribution < 1.29 is 14.4 Å². The molecule has 4 amide bonds. The van der Waals surface area contributed by atoms with Crippen LogP contribution in [0.5, 0.6) is 0 Å². The largest absolute Gasteiger partial charge is 0.337 e. The van der Waals surface area contributed by atoms with Crippen LogP contribution in [0.2, 0.25) is 0 Å². The highest BCUT2D eigenvalue weighted by atomic mass is 16.2. The first-order valence-electron chi connectivity index (χ1n) is 7.52. The second-order valence-corrected chi connectivity index (χ2v) is 6.02. The number of amides is 4. The minimum Gasteiger partial charge on any atom is -0.337 e. The molecule has 2 rings (SSSR count). The van der Waals surface area contributed by atoms with E-state index in [2.05, 4.69) is 10.6 Å². The van der Waals surface area contributed by atoms with Gasteiger partial charge in [-0.1, -0.05) is 0 Å². The third-order valence-corrected chi connectivity index (χ3v) is 3.54. The Morgan fingerprint density at radius 1 is 1.17 bits per heavy atom. The number of urea groups is 1. The van der Waals surface area contributed by atoms with E-state index in [1.54, 1.807) is 32.0 Å². The molecule has 2 N–H and O–H groups in total. The molecule has 0 atom stereocenters. The van der Waals surface area contributed by atoms with Gasteiger partial charge in [-0.2, -0.15) is 0 Å². The number of likely N-dealkylation sites (N-methyl/N-ethyl adjacent to an activating group) is 1. The Hall–Kier alpha value is -2.41. The van der Waals surface area contributed by atoms with Crippen LogP contribution < -0.4 is 10.6 Å². The maximum atomic E-state index is 12.3. The number of nitrogens with zero attached hydrogens (tertiary/aromatic N) is 2. The molecule has 1 aromatic carbocycles. The van der Waals surface area contributed by atoms with Crippen LogP contribution in [0.1, 0.15) is 34.6 Å². The van der Waals surface area contributed by atoms with Crippen molar-refractivity contribution in [2.45, 2.75) is 19.9 Å². The lowest BCUT2D eigenvalue weighted by Gasteiger charge is -2.17. The van der Waals surface area contributed by atoms with E-state index in [0.717, 1.165) is 6.54 Å². The maximum absolute atomic E-state index is 12.3. The molecule has 0 aromatic heterocycles. The molecule has 1 heterocycles. The molecule has 1 aliphatic rings. The number of carbonyl (C=O) groups excluding carboxylic acids is 3. The van der Waals surface area contributed by atoms with Crippen LogP contribution in [0.25, 0.3) is 0 Å². The summed E-state index contributed by atoms with van der Waals surface area (Å²) in [5.41, 5.74) is 1.19. The van der Waals surface area contributed by atoms with Crippen LogP contribution in [0, 0.1) is 0 Å². The van der Waals surface area contributed by atoms with Gasteiger partial charge in [0.2, 0.25) is 0 Å². The van der Waals surface area contributed by atoms with Gasteiger partial charge in [-0.25, -0.2) is 4.79 Å². The van der Waals surface area contributed by atoms with Gasteiger partial charge in [0, 0.05) is 24.8 Å². The van der Waals surface area contributed by atoms with Crippen molar-refractivity contribution in [1.82, 2.24) is 15.1 Å². The fraction of sp³-hybridized carbons (Fsp3) is 0.438. The summed E-state index contributed by atoms with van der Waals surface area (Å²) in [5, 5.41) is 5.40. The summed E-state index contributed by atoms with van der Waals surface area (Å²) < 4.78 is 0. The van der Waals surface area contributed by atoms with Gasteiger partial charge in [0.25, 0.3) is 11.8 Å². The Balaban J connectivity index is 2.07. The highest BCUT2D eigenvalue weighted by Crippen LogP contribution is 2.27. The first-order chi connectivity index (χ1) is 10.8. The van der Waals surface area contributed by atoms with E-state index in [0.29, 0.717) is 23.4 Å². The minimum atomic E-state index is -0.343. The van der Waals surface area contributed by atoms with Gasteiger partial charge in [-0.3, -0.25) is 14.5 Å². The minimum absolute atomic E-state index is 0.201. The van der Waals surface area contributed by atoms with Gasteiger partial charge in [-0.15, -0.1) is 0 Å². The maximum Gasteiger partial charge on any atom is 0.319 e. The second kappa shape index (κ2) is 6.78. The summed E-state index contributed by atoms with van der Waals surface area (Å²) in [7, 11) is 3.84. The summed E-state index contributed by atoms with van der Waals surface area (Å²) in [4.78, 5) is 39.5. The summed E-state index contributed by atoms with van der Waals surface area (Å²) in [6, 6.07) is 4.20. The normalized spacial score (nSPS) is 13.7. The SMILES string of the molecule is CC(C)N1C(=O)c2ccc(NC(=O)NCCN(C)C)cc2C1=O. The van der Waals surface area contributed by atoms with Gasteiger partial charge < -0.3 is 15.5 Å². The average Bonchev–Trinajstić information content (AvgIpc) is 2.70. The van der Waals surface area contributed by atoms with Crippen LogP contribution in [0.4, 0.5) is 10.5 Å². The molecule has 0 bridgehead atoms. The second-order valence-electron chi connectivity index (χ2n) is 6.02. The smallest absolute Gasteiger partial charge is 0.319 e. The molecule has 0 saturated heterocycles. The molecule has 7 heteroatoms. The van der Waals surface area contributed by atoms with E-state index in [1.807, 2.05) is 19.0 Å². The van der Waals surface area contributed by atoms with E-state index in [4.69, 9.17) is 0 Å². The van der Waals surface area contributed by atoms with E-state index < -0.39 is 0 Å². The predicted octanol–water partition coefficient (Wildman–Crippen LogP) is 1.37. The number of rotatable bonds is 5. The zero-order valence-corrected chi connectivity index (χ0v) is 13.8. The lowest BCUT2D eigenvalue weighted by molar-refractivity contribution is 0.0609. The Morgan fingerprint density at radius 3 is 2.43 bits per heavy atom. The molecule has 0 aliphatic carbocycles. The summed E-state index contributed by atoms with van der Waals surface area (Å²) in [6.07, 6.45) is 0. The number of benzene rings is 1. The monoisotopic (exact) mass is 318 g/mol. The number of hydrogen-bond donors (Lipinski definition) is 2. The first kappa shape index (κ1) is 17.0. The van der Waals surface area contributed by atoms with Crippen molar-refractivity contribution >= 4 is 23.5 Å². The van der Waals surface area contributed by atoms with E-state index in [9.17, 15) is 14.4 Å². The molecule has 1 aromatic rings. The number of nitrogens with one attached hydrogen (secondary N) is 2. The van der Waals surface area contributed by atoms with Crippen molar-refractivity contribution in [3.8, 4) is 0 Å². The molecular weight excluding hydrogens is 296 g/mol. The summed E-state index contributed by atoms with van der Waals surface area (Å²) in [6.45, 7) is 4.83. The molecule has 0 unspecified atom stereocenters. The zero-order chi connectivity index (χ0) is 17.1. The van der Waals surface area contributed by atoms with Crippen molar-refractivity contribution in [3.63, 3.8) is 0 Å². The standard InChI is InChI=1S/C16H22N4O3/c1-10(2)20-14(21)12-6-5-11(9-13(12)15(20)22)18-16(23)17-7-8-19(3)4/h5-6,9-10H,7-8H2,1-4H3,(H2,17,18,23). The summed E-state index contributed by atoms with van der Waals surface area (Å²) >= 11 is 0. The first-order valence-corrected chi connectivity index (χ1v) is 7.52. The molecule has 0 fully saturated rings. The number of anilines is 1. The molecule has 7 nitrogen and oxygen atoms in total. The van der Waals surface area contributed by atoms with Crippen LogP contribution in [0.3, 0.4) is 0 Å². The van der Waals surface area contributed by atoms with E-state index in [-0.39, 0.29) is 23.9 Å². The Kier molecular flexibility index (Phi) is 5.00. The molecule has 124 valence electrons. The third-order valence-electron chi connectivity index (χ3n) is 3.54. The van der Waals surface area contributed by atoms with Gasteiger partial charge >= 0.3 is 6.03 Å². The number of hydrogen-bond acceptors (Lipinski definition) is 4. The van der Waals surface area contributed by atoms with Crippen LogP contribution in [-0.4, -0.2) is 60.9 Å². The third kappa shape index (κ3) is 3.68. The van der Waals surface area contributed by atoms with Crippen LogP contribution in [0.15, 0.2) is 18.2 Å². The number of fused-ring (bicyclic) bond motifs is 1. The summed E-state index contributed by atoms with van der Waals surface area (Å²) in [5.74, 6) is -0.612. The van der Waals surface area contributed by atoms with Gasteiger partial charge in [0.05, 0.1) is 11.1 Å². The van der Waals surface area contributed by atoms with Gasteiger partial charge in [-0.05, 0) is 46.1 Å². The number of imide groups is 1. The molecule has 0 saturated carbocycles. The molecule has 23 heavy (non-hydrogen) atoms. The van der Waals surface area contributed by atoms with Gasteiger partial charge in [0.15, 0.2) is 0 Å². The Morgan fingerprint density at radius 2 is 1.83 bits per heavy atom. The average molecular weight is 318 g/mol. The Labute approximate surface area is 135 Å². The molecule has 0 spiro atoms. The van der Waals surface area contributed by atoms with Crippen molar-refractivity contribution in [2.75, 3.05) is 32.5 Å². The van der Waals surface area contributed by atoms with Crippen molar-refractivity contribution in [1.29, 1.82) is 0 Å². The fourth-order valence-corrected chi connectivity index (χ4v) is 2.37. The van der Waals surface area contributed by atoms with Gasteiger partial charge in [0.1, 0.15) is 0 Å². The lowest BCUT2D eigenvalue weighted by Crippen LogP contribution is -2.35. The lowest BCUT2D eigenvalue weighted by atomic mass is 10.1. The topological polar surface area (TPSA) is 81.8 Å². The fourth-order valence-electron chi connectivity index (χ4n) is 2.37. The molecule has 1 aliphatic heterocycles. The number of carbonyl (C=O) groups is 3.